The number of hydrogen-bond donors (Lipinski definition) is 2. The molecule has 2 fully saturated rings. The number of carbonyl (C=O) groups is 1. The molecule has 2 N–H and O–H groups in total. The number of benzene rings is 2. The highest BCUT2D eigenvalue weighted by molar-refractivity contribution is 7.22. The van der Waals surface area contributed by atoms with E-state index in [9.17, 15) is 15.0 Å². The normalized spacial score (nSPS) is 19.3. The number of hydrogen-bond acceptors (Lipinski definition) is 6. The van der Waals surface area contributed by atoms with E-state index in [4.69, 9.17) is 28.2 Å². The second-order valence-corrected chi connectivity index (χ2v) is 11.6. The molecule has 2 aliphatic rings. The number of aliphatic hydroxyl groups excluding tert-OH is 1. The number of nitrogens with zero attached hydrogens (tertiary/aromatic N) is 3. The zero-order valence-corrected chi connectivity index (χ0v) is 21.7. The highest BCUT2D eigenvalue weighted by atomic mass is 35.5. The number of aromatic nitrogens is 1. The summed E-state index contributed by atoms with van der Waals surface area (Å²) >= 11 is 14.1. The van der Waals surface area contributed by atoms with Gasteiger partial charge in [-0.3, -0.25) is 9.69 Å². The number of piperidine rings is 1. The molecule has 0 radical (unpaired) electrons. The average molecular weight is 535 g/mol. The van der Waals surface area contributed by atoms with Crippen molar-refractivity contribution in [2.24, 2.45) is 0 Å². The number of carboxylic acid groups (broad SMARTS) is 1. The summed E-state index contributed by atoms with van der Waals surface area (Å²) in [5.41, 5.74) is 2.17. The van der Waals surface area contributed by atoms with Gasteiger partial charge in [0.05, 0.1) is 22.7 Å². The van der Waals surface area contributed by atoms with E-state index in [1.165, 1.54) is 12.8 Å². The van der Waals surface area contributed by atoms with Crippen LogP contribution >= 0.6 is 34.5 Å². The van der Waals surface area contributed by atoms with Crippen molar-refractivity contribution >= 4 is 55.9 Å². The number of anilines is 1. The molecule has 2 aromatic carbocycles. The Labute approximate surface area is 219 Å². The molecular weight excluding hydrogens is 505 g/mol. The smallest absolute Gasteiger partial charge is 0.307 e. The van der Waals surface area contributed by atoms with Gasteiger partial charge in [-0.05, 0) is 86.7 Å². The maximum Gasteiger partial charge on any atom is 0.307 e. The zero-order chi connectivity index (χ0) is 24.6. The van der Waals surface area contributed by atoms with Gasteiger partial charge in [0.25, 0.3) is 0 Å². The van der Waals surface area contributed by atoms with Crippen LogP contribution in [0.4, 0.5) is 5.13 Å². The Hall–Kier alpha value is -1.90. The van der Waals surface area contributed by atoms with Crippen LogP contribution in [-0.4, -0.2) is 57.8 Å². The Morgan fingerprint density at radius 3 is 2.51 bits per heavy atom. The monoisotopic (exact) mass is 533 g/mol. The van der Waals surface area contributed by atoms with E-state index >= 15 is 0 Å². The lowest BCUT2D eigenvalue weighted by molar-refractivity contribution is -0.136. The first-order chi connectivity index (χ1) is 16.8. The number of likely N-dealkylation sites (tertiary alicyclic amines) is 1. The first-order valence-electron chi connectivity index (χ1n) is 12.1. The molecule has 2 saturated heterocycles. The van der Waals surface area contributed by atoms with Crippen LogP contribution in [-0.2, 0) is 11.2 Å². The number of fused-ring (bicyclic) bond motifs is 1. The average Bonchev–Trinajstić information content (AvgIpc) is 3.49. The van der Waals surface area contributed by atoms with E-state index in [1.54, 1.807) is 29.5 Å². The summed E-state index contributed by atoms with van der Waals surface area (Å²) in [7, 11) is 0. The predicted molar refractivity (Wildman–Crippen MR) is 142 cm³/mol. The minimum absolute atomic E-state index is 0.109. The van der Waals surface area contributed by atoms with Gasteiger partial charge in [0, 0.05) is 28.7 Å². The van der Waals surface area contributed by atoms with Gasteiger partial charge in [-0.25, -0.2) is 4.98 Å². The fourth-order valence-electron chi connectivity index (χ4n) is 5.60. The van der Waals surface area contributed by atoms with E-state index < -0.39 is 12.1 Å². The SMILES string of the molecule is O=C(O)Cc1cc(Cl)cc(C(O)CC2(N3CCCC3)CCN(c3nc4ccc(Cl)cc4s3)CC2)c1. The van der Waals surface area contributed by atoms with Crippen LogP contribution in [0.15, 0.2) is 36.4 Å². The van der Waals surface area contributed by atoms with Crippen molar-refractivity contribution in [3.05, 3.63) is 57.6 Å². The van der Waals surface area contributed by atoms with Gasteiger partial charge < -0.3 is 15.1 Å². The van der Waals surface area contributed by atoms with Crippen LogP contribution < -0.4 is 4.90 Å². The third kappa shape index (κ3) is 5.44. The van der Waals surface area contributed by atoms with Gasteiger partial charge in [-0.1, -0.05) is 40.6 Å². The summed E-state index contributed by atoms with van der Waals surface area (Å²) in [4.78, 5) is 20.9. The lowest BCUT2D eigenvalue weighted by atomic mass is 9.79. The Bertz CT molecular complexity index is 1220. The van der Waals surface area contributed by atoms with Gasteiger partial charge >= 0.3 is 5.97 Å². The molecule has 0 amide bonds. The van der Waals surface area contributed by atoms with E-state index in [0.29, 0.717) is 22.6 Å². The lowest BCUT2D eigenvalue weighted by Gasteiger charge is -2.48. The lowest BCUT2D eigenvalue weighted by Crippen LogP contribution is -2.55. The number of rotatable bonds is 7. The molecule has 3 heterocycles. The summed E-state index contributed by atoms with van der Waals surface area (Å²) in [5, 5.41) is 22.7. The van der Waals surface area contributed by atoms with E-state index in [-0.39, 0.29) is 12.0 Å². The van der Waals surface area contributed by atoms with E-state index in [1.807, 2.05) is 18.2 Å². The largest absolute Gasteiger partial charge is 0.481 e. The number of aliphatic hydroxyl groups is 1. The zero-order valence-electron chi connectivity index (χ0n) is 19.4. The number of thiazole rings is 1. The maximum absolute atomic E-state index is 11.3. The van der Waals surface area contributed by atoms with Gasteiger partial charge in [0.1, 0.15) is 0 Å². The van der Waals surface area contributed by atoms with Crippen LogP contribution in [0, 0.1) is 0 Å². The Morgan fingerprint density at radius 1 is 1.06 bits per heavy atom. The molecule has 1 aromatic heterocycles. The van der Waals surface area contributed by atoms with Gasteiger partial charge in [0.2, 0.25) is 0 Å². The first-order valence-corrected chi connectivity index (χ1v) is 13.6. The van der Waals surface area contributed by atoms with Crippen LogP contribution in [0.2, 0.25) is 10.0 Å². The van der Waals surface area contributed by atoms with Crippen molar-refractivity contribution < 1.29 is 15.0 Å². The van der Waals surface area contributed by atoms with Crippen LogP contribution in [0.25, 0.3) is 10.2 Å². The van der Waals surface area contributed by atoms with Crippen molar-refractivity contribution in [1.29, 1.82) is 0 Å². The molecule has 0 saturated carbocycles. The standard InChI is InChI=1S/C26H29Cl2N3O3S/c27-19-3-4-21-23(15-19)35-25(29-21)30-9-5-26(6-10-30,31-7-1-2-8-31)16-22(32)18-11-17(13-24(33)34)12-20(28)14-18/h3-4,11-12,14-15,22,32H,1-2,5-10,13,16H2,(H,33,34). The second-order valence-electron chi connectivity index (χ2n) is 9.70. The third-order valence-corrected chi connectivity index (χ3v) is 8.91. The molecule has 1 unspecified atom stereocenters. The fourth-order valence-corrected chi connectivity index (χ4v) is 7.16. The van der Waals surface area contributed by atoms with Crippen molar-refractivity contribution in [2.75, 3.05) is 31.1 Å². The topological polar surface area (TPSA) is 76.9 Å². The van der Waals surface area contributed by atoms with E-state index in [2.05, 4.69) is 9.80 Å². The molecule has 186 valence electrons. The summed E-state index contributed by atoms with van der Waals surface area (Å²) in [5.74, 6) is -0.911. The van der Waals surface area contributed by atoms with Gasteiger partial charge in [0.15, 0.2) is 5.13 Å². The summed E-state index contributed by atoms with van der Waals surface area (Å²) in [6.45, 7) is 3.84. The van der Waals surface area contributed by atoms with Crippen molar-refractivity contribution in [3.8, 4) is 0 Å². The quantitative estimate of drug-likeness (QED) is 0.400. The van der Waals surface area contributed by atoms with E-state index in [0.717, 1.165) is 59.4 Å². The Morgan fingerprint density at radius 2 is 1.80 bits per heavy atom. The summed E-state index contributed by atoms with van der Waals surface area (Å²) in [6, 6.07) is 11.0. The first kappa shape index (κ1) is 24.8. The summed E-state index contributed by atoms with van der Waals surface area (Å²) < 4.78 is 1.09. The molecule has 5 rings (SSSR count). The number of aliphatic carboxylic acids is 1. The predicted octanol–water partition coefficient (Wildman–Crippen LogP) is 5.79. The fraction of sp³-hybridized carbons (Fsp3) is 0.462. The molecule has 0 aliphatic carbocycles. The molecule has 35 heavy (non-hydrogen) atoms. The van der Waals surface area contributed by atoms with Crippen molar-refractivity contribution in [2.45, 2.75) is 50.2 Å². The second kappa shape index (κ2) is 10.2. The molecule has 1 atom stereocenters. The minimum Gasteiger partial charge on any atom is -0.481 e. The Balaban J connectivity index is 1.35. The molecule has 9 heteroatoms. The number of halogens is 2. The van der Waals surface area contributed by atoms with Crippen LogP contribution in [0.3, 0.4) is 0 Å². The van der Waals surface area contributed by atoms with Crippen LogP contribution in [0.1, 0.15) is 49.3 Å². The highest BCUT2D eigenvalue weighted by Gasteiger charge is 2.43. The van der Waals surface area contributed by atoms with Crippen LogP contribution in [0.5, 0.6) is 0 Å². The molecule has 2 aliphatic heterocycles. The maximum atomic E-state index is 11.3. The molecule has 3 aromatic rings. The third-order valence-electron chi connectivity index (χ3n) is 7.37. The highest BCUT2D eigenvalue weighted by Crippen LogP contribution is 2.41. The van der Waals surface area contributed by atoms with Crippen molar-refractivity contribution in [1.82, 2.24) is 9.88 Å². The molecule has 0 spiro atoms. The van der Waals surface area contributed by atoms with Gasteiger partial charge in [-0.15, -0.1) is 0 Å². The number of carboxylic acids is 1. The van der Waals surface area contributed by atoms with Crippen molar-refractivity contribution in [3.63, 3.8) is 0 Å². The van der Waals surface area contributed by atoms with Gasteiger partial charge in [-0.2, -0.15) is 0 Å². The summed E-state index contributed by atoms with van der Waals surface area (Å²) in [6.07, 6.45) is 4.01. The molecule has 0 bridgehead atoms. The molecule has 6 nitrogen and oxygen atoms in total. The minimum atomic E-state index is -0.911. The molecular formula is C26H29Cl2N3O3S. The Kier molecular flexibility index (Phi) is 7.24.